The van der Waals surface area contributed by atoms with Gasteiger partial charge in [-0.2, -0.15) is 18.4 Å². The summed E-state index contributed by atoms with van der Waals surface area (Å²) in [6.45, 7) is 7.47. The molecule has 0 aromatic heterocycles. The van der Waals surface area contributed by atoms with Gasteiger partial charge in [0.2, 0.25) is 0 Å². The van der Waals surface area contributed by atoms with E-state index in [4.69, 9.17) is 17.5 Å². The molecule has 166 valence electrons. The second-order valence-corrected chi connectivity index (χ2v) is 7.91. The van der Waals surface area contributed by atoms with Crippen LogP contribution in [0.4, 0.5) is 28.9 Å². The summed E-state index contributed by atoms with van der Waals surface area (Å²) >= 11 is 5.54. The quantitative estimate of drug-likeness (QED) is 0.515. The first-order valence-corrected chi connectivity index (χ1v) is 9.72. The fraction of sp³-hybridized carbons (Fsp3) is 0.227. The minimum atomic E-state index is -4.74. The van der Waals surface area contributed by atoms with Gasteiger partial charge in [-0.15, -0.1) is 0 Å². The molecule has 5 nitrogen and oxygen atoms in total. The van der Waals surface area contributed by atoms with E-state index >= 15 is 0 Å². The maximum absolute atomic E-state index is 14.6. The van der Waals surface area contributed by atoms with Gasteiger partial charge in [-0.1, -0.05) is 6.58 Å². The third kappa shape index (κ3) is 3.69. The Morgan fingerprint density at radius 2 is 1.81 bits per heavy atom. The van der Waals surface area contributed by atoms with Crippen molar-refractivity contribution in [2.24, 2.45) is 0 Å². The molecule has 0 spiro atoms. The fourth-order valence-electron chi connectivity index (χ4n) is 3.52. The molecule has 1 aliphatic rings. The van der Waals surface area contributed by atoms with Crippen molar-refractivity contribution < 1.29 is 22.4 Å². The van der Waals surface area contributed by atoms with Crippen molar-refractivity contribution >= 4 is 34.6 Å². The number of alkyl halides is 3. The van der Waals surface area contributed by atoms with E-state index in [0.717, 1.165) is 18.2 Å². The molecule has 0 atom stereocenters. The summed E-state index contributed by atoms with van der Waals surface area (Å²) in [5, 5.41) is 11.5. The standard InChI is InChI=1S/C22H18F4N4OS/c1-12-21(2,3)30(15-7-8-16(18(23)10-15)19(31)28-4)20(32)29(12)14-6-5-13(11-27)17(9-14)22(24,25)26/h5-10H,1H2,2-4H3,(H,28,31). The zero-order chi connectivity index (χ0) is 24.0. The molecular formula is C22H18F4N4OS. The van der Waals surface area contributed by atoms with E-state index in [1.165, 1.54) is 30.1 Å². The smallest absolute Gasteiger partial charge is 0.355 e. The van der Waals surface area contributed by atoms with Crippen LogP contribution in [0.1, 0.15) is 35.3 Å². The summed E-state index contributed by atoms with van der Waals surface area (Å²) in [6, 6.07) is 8.73. The topological polar surface area (TPSA) is 59.4 Å². The van der Waals surface area contributed by atoms with Gasteiger partial charge in [-0.25, -0.2) is 4.39 Å². The summed E-state index contributed by atoms with van der Waals surface area (Å²) in [6.07, 6.45) is -4.74. The third-order valence-corrected chi connectivity index (χ3v) is 5.65. The SMILES string of the molecule is C=C1N(c2ccc(C#N)c(C(F)(F)F)c2)C(=S)N(c2ccc(C(=O)NC)c(F)c2)C1(C)C. The normalized spacial score (nSPS) is 15.7. The summed E-state index contributed by atoms with van der Waals surface area (Å²) < 4.78 is 55.0. The van der Waals surface area contributed by atoms with Gasteiger partial charge in [0, 0.05) is 24.1 Å². The zero-order valence-corrected chi connectivity index (χ0v) is 18.2. The van der Waals surface area contributed by atoms with Gasteiger partial charge in [0.15, 0.2) is 5.11 Å². The number of nitrogens with one attached hydrogen (secondary N) is 1. The lowest BCUT2D eigenvalue weighted by Crippen LogP contribution is -2.41. The molecule has 3 rings (SSSR count). The first kappa shape index (κ1) is 23.2. The molecule has 1 heterocycles. The van der Waals surface area contributed by atoms with E-state index < -0.39 is 34.6 Å². The molecule has 32 heavy (non-hydrogen) atoms. The van der Waals surface area contributed by atoms with Crippen molar-refractivity contribution in [2.75, 3.05) is 16.8 Å². The molecule has 0 aliphatic carbocycles. The van der Waals surface area contributed by atoms with Crippen LogP contribution in [0.5, 0.6) is 0 Å². The number of nitriles is 1. The summed E-state index contributed by atoms with van der Waals surface area (Å²) in [5.74, 6) is -1.37. The van der Waals surface area contributed by atoms with Crippen LogP contribution >= 0.6 is 12.2 Å². The Kier molecular flexibility index (Phi) is 5.74. The molecule has 1 N–H and O–H groups in total. The van der Waals surface area contributed by atoms with Crippen molar-refractivity contribution in [3.05, 3.63) is 71.2 Å². The number of carbonyl (C=O) groups excluding carboxylic acids is 1. The second-order valence-electron chi connectivity index (χ2n) is 7.54. The summed E-state index contributed by atoms with van der Waals surface area (Å²) in [7, 11) is 1.38. The van der Waals surface area contributed by atoms with Crippen molar-refractivity contribution in [1.29, 1.82) is 5.26 Å². The molecule has 1 amide bonds. The van der Waals surface area contributed by atoms with E-state index in [0.29, 0.717) is 11.4 Å². The Hall–Kier alpha value is -3.45. The highest BCUT2D eigenvalue weighted by Crippen LogP contribution is 2.43. The number of carbonyl (C=O) groups is 1. The van der Waals surface area contributed by atoms with E-state index in [-0.39, 0.29) is 16.4 Å². The van der Waals surface area contributed by atoms with Crippen molar-refractivity contribution in [1.82, 2.24) is 5.32 Å². The van der Waals surface area contributed by atoms with Gasteiger partial charge in [0.25, 0.3) is 5.91 Å². The van der Waals surface area contributed by atoms with Crippen LogP contribution in [0.2, 0.25) is 0 Å². The maximum Gasteiger partial charge on any atom is 0.417 e. The molecule has 1 fully saturated rings. The molecule has 2 aromatic carbocycles. The highest BCUT2D eigenvalue weighted by molar-refractivity contribution is 7.80. The molecule has 0 bridgehead atoms. The Balaban J connectivity index is 2.10. The highest BCUT2D eigenvalue weighted by Gasteiger charge is 2.46. The minimum Gasteiger partial charge on any atom is -0.355 e. The Labute approximate surface area is 187 Å². The molecule has 0 unspecified atom stereocenters. The molecular weight excluding hydrogens is 444 g/mol. The predicted octanol–water partition coefficient (Wildman–Crippen LogP) is 4.98. The molecule has 0 saturated carbocycles. The molecule has 0 radical (unpaired) electrons. The average molecular weight is 462 g/mol. The monoisotopic (exact) mass is 462 g/mol. The molecule has 1 aliphatic heterocycles. The fourth-order valence-corrected chi connectivity index (χ4v) is 4.07. The Morgan fingerprint density at radius 3 is 2.34 bits per heavy atom. The summed E-state index contributed by atoms with van der Waals surface area (Å²) in [5.41, 5.74) is -1.95. The van der Waals surface area contributed by atoms with Gasteiger partial charge in [-0.3, -0.25) is 9.69 Å². The van der Waals surface area contributed by atoms with Gasteiger partial charge >= 0.3 is 6.18 Å². The van der Waals surface area contributed by atoms with Crippen LogP contribution in [-0.4, -0.2) is 23.6 Å². The number of hydrogen-bond acceptors (Lipinski definition) is 3. The number of hydrogen-bond donors (Lipinski definition) is 1. The largest absolute Gasteiger partial charge is 0.417 e. The van der Waals surface area contributed by atoms with Gasteiger partial charge < -0.3 is 10.2 Å². The van der Waals surface area contributed by atoms with Crippen molar-refractivity contribution in [3.8, 4) is 6.07 Å². The minimum absolute atomic E-state index is 0.0735. The van der Waals surface area contributed by atoms with Crippen LogP contribution < -0.4 is 15.1 Å². The van der Waals surface area contributed by atoms with E-state index in [2.05, 4.69) is 11.9 Å². The predicted molar refractivity (Wildman–Crippen MR) is 117 cm³/mol. The third-order valence-electron chi connectivity index (χ3n) is 5.29. The Morgan fingerprint density at radius 1 is 1.19 bits per heavy atom. The second kappa shape index (κ2) is 7.91. The molecule has 10 heteroatoms. The lowest BCUT2D eigenvalue weighted by Gasteiger charge is -2.31. The zero-order valence-electron chi connectivity index (χ0n) is 17.3. The first-order chi connectivity index (χ1) is 14.8. The van der Waals surface area contributed by atoms with E-state index in [1.54, 1.807) is 24.8 Å². The number of benzene rings is 2. The van der Waals surface area contributed by atoms with Crippen LogP contribution in [0.15, 0.2) is 48.7 Å². The number of halogens is 4. The number of nitrogens with zero attached hydrogens (tertiary/aromatic N) is 3. The summed E-state index contributed by atoms with van der Waals surface area (Å²) in [4.78, 5) is 14.7. The van der Waals surface area contributed by atoms with Crippen LogP contribution in [0.3, 0.4) is 0 Å². The first-order valence-electron chi connectivity index (χ1n) is 9.31. The lowest BCUT2D eigenvalue weighted by atomic mass is 9.99. The lowest BCUT2D eigenvalue weighted by molar-refractivity contribution is -0.137. The number of anilines is 2. The van der Waals surface area contributed by atoms with Crippen LogP contribution in [0, 0.1) is 17.1 Å². The number of amides is 1. The van der Waals surface area contributed by atoms with Gasteiger partial charge in [0.05, 0.1) is 28.3 Å². The van der Waals surface area contributed by atoms with E-state index in [1.807, 2.05) is 0 Å². The number of rotatable bonds is 3. The van der Waals surface area contributed by atoms with Crippen molar-refractivity contribution in [2.45, 2.75) is 25.6 Å². The molecule has 1 saturated heterocycles. The van der Waals surface area contributed by atoms with Gasteiger partial charge in [-0.05, 0) is 62.5 Å². The van der Waals surface area contributed by atoms with Crippen molar-refractivity contribution in [3.63, 3.8) is 0 Å². The van der Waals surface area contributed by atoms with Crippen LogP contribution in [0.25, 0.3) is 0 Å². The van der Waals surface area contributed by atoms with Crippen LogP contribution in [-0.2, 0) is 6.18 Å². The maximum atomic E-state index is 14.6. The average Bonchev–Trinajstić information content (AvgIpc) is 2.90. The van der Waals surface area contributed by atoms with Gasteiger partial charge in [0.1, 0.15) is 5.82 Å². The number of thiocarbonyl (C=S) groups is 1. The molecule has 2 aromatic rings. The van der Waals surface area contributed by atoms with E-state index in [9.17, 15) is 22.4 Å². The highest BCUT2D eigenvalue weighted by atomic mass is 32.1. The Bertz CT molecular complexity index is 1180.